The summed E-state index contributed by atoms with van der Waals surface area (Å²) in [6.07, 6.45) is -5.08. The molecule has 3 N–H and O–H groups in total. The second-order valence-corrected chi connectivity index (χ2v) is 7.84. The molecule has 0 atom stereocenters. The van der Waals surface area contributed by atoms with Crippen LogP contribution in [0, 0.1) is 6.92 Å². The van der Waals surface area contributed by atoms with Crippen LogP contribution in [0.3, 0.4) is 0 Å². The van der Waals surface area contributed by atoms with Crippen LogP contribution in [-0.4, -0.2) is 50.8 Å². The maximum absolute atomic E-state index is 12.4. The number of nitrogens with one attached hydrogen (secondary N) is 1. The number of alkyl halides is 3. The van der Waals surface area contributed by atoms with E-state index < -0.39 is 28.1 Å². The topological polar surface area (TPSA) is 124 Å². The molecule has 0 saturated carbocycles. The normalized spacial score (nSPS) is 11.1. The second-order valence-electron chi connectivity index (χ2n) is 6.16. The van der Waals surface area contributed by atoms with Crippen molar-refractivity contribution in [2.45, 2.75) is 18.0 Å². The average molecular weight is 448 g/mol. The van der Waals surface area contributed by atoms with Crippen molar-refractivity contribution in [3.63, 3.8) is 0 Å². The number of aromatic carboxylic acids is 1. The monoisotopic (exact) mass is 448 g/mol. The average Bonchev–Trinajstić information content (AvgIpc) is 2.60. The van der Waals surface area contributed by atoms with Crippen molar-refractivity contribution < 1.29 is 41.4 Å². The summed E-state index contributed by atoms with van der Waals surface area (Å²) in [5, 5.41) is 16.4. The van der Waals surface area contributed by atoms with Gasteiger partial charge in [0.2, 0.25) is 0 Å². The molecule has 30 heavy (non-hydrogen) atoms. The van der Waals surface area contributed by atoms with Gasteiger partial charge in [-0.05, 0) is 42.8 Å². The van der Waals surface area contributed by atoms with E-state index in [2.05, 4.69) is 4.72 Å². The molecule has 0 bridgehead atoms. The lowest BCUT2D eigenvalue weighted by Gasteiger charge is -2.17. The number of benzene rings is 2. The van der Waals surface area contributed by atoms with Gasteiger partial charge in [-0.3, -0.25) is 4.72 Å². The Bertz CT molecular complexity index is 1040. The number of aliphatic carboxylic acids is 1. The van der Waals surface area contributed by atoms with Gasteiger partial charge in [-0.25, -0.2) is 18.0 Å². The molecular weight excluding hydrogens is 429 g/mol. The van der Waals surface area contributed by atoms with Crippen molar-refractivity contribution in [3.05, 3.63) is 53.6 Å². The molecule has 0 heterocycles. The Morgan fingerprint density at radius 1 is 1.03 bits per heavy atom. The van der Waals surface area contributed by atoms with E-state index in [1.807, 2.05) is 0 Å². The van der Waals surface area contributed by atoms with Crippen LogP contribution in [0.2, 0.25) is 0 Å². The summed E-state index contributed by atoms with van der Waals surface area (Å²) < 4.78 is 58.9. The maximum atomic E-state index is 12.4. The van der Waals surface area contributed by atoms with E-state index in [1.54, 1.807) is 50.2 Å². The summed E-state index contributed by atoms with van der Waals surface area (Å²) in [6.45, 7) is 1.80. The lowest BCUT2D eigenvalue weighted by atomic mass is 10.1. The first kappa shape index (κ1) is 24.8. The molecular formula is C18H19F3N2O6S. The molecule has 0 aliphatic rings. The van der Waals surface area contributed by atoms with E-state index in [9.17, 15) is 31.5 Å². The van der Waals surface area contributed by atoms with Gasteiger partial charge in [0.05, 0.1) is 16.1 Å². The van der Waals surface area contributed by atoms with Crippen molar-refractivity contribution >= 4 is 33.3 Å². The number of hydrogen-bond acceptors (Lipinski definition) is 5. The molecule has 0 fully saturated rings. The lowest BCUT2D eigenvalue weighted by molar-refractivity contribution is -0.192. The van der Waals surface area contributed by atoms with Crippen LogP contribution in [0.4, 0.5) is 24.5 Å². The zero-order valence-corrected chi connectivity index (χ0v) is 16.9. The fourth-order valence-electron chi connectivity index (χ4n) is 2.16. The van der Waals surface area contributed by atoms with Crippen LogP contribution >= 0.6 is 0 Å². The van der Waals surface area contributed by atoms with Crippen LogP contribution in [0.25, 0.3) is 0 Å². The number of carboxylic acids is 2. The SMILES string of the molecule is Cc1cccc(S(=O)(=O)Nc2ccc(N(C)C)c(C(=O)O)c2)c1.O=C(O)C(F)(F)F. The predicted octanol–water partition coefficient (Wildman–Crippen LogP) is 3.19. The van der Waals surface area contributed by atoms with Gasteiger partial charge in [0.1, 0.15) is 0 Å². The minimum absolute atomic E-state index is 0.0273. The van der Waals surface area contributed by atoms with E-state index in [4.69, 9.17) is 9.90 Å². The van der Waals surface area contributed by atoms with Crippen molar-refractivity contribution in [1.82, 2.24) is 0 Å². The third-order valence-electron chi connectivity index (χ3n) is 3.50. The molecule has 0 unspecified atom stereocenters. The Hall–Kier alpha value is -3.28. The minimum Gasteiger partial charge on any atom is -0.478 e. The summed E-state index contributed by atoms with van der Waals surface area (Å²) in [5.74, 6) is -3.88. The summed E-state index contributed by atoms with van der Waals surface area (Å²) in [4.78, 5) is 22.0. The fraction of sp³-hybridized carbons (Fsp3) is 0.222. The molecule has 2 rings (SSSR count). The summed E-state index contributed by atoms with van der Waals surface area (Å²) >= 11 is 0. The number of carbonyl (C=O) groups is 2. The highest BCUT2D eigenvalue weighted by Gasteiger charge is 2.38. The molecule has 0 aromatic heterocycles. The minimum atomic E-state index is -5.08. The molecule has 164 valence electrons. The Kier molecular flexibility index (Phi) is 7.82. The molecule has 0 radical (unpaired) electrons. The van der Waals surface area contributed by atoms with Crippen molar-refractivity contribution in [2.75, 3.05) is 23.7 Å². The van der Waals surface area contributed by atoms with Crippen molar-refractivity contribution in [3.8, 4) is 0 Å². The highest BCUT2D eigenvalue weighted by Crippen LogP contribution is 2.25. The van der Waals surface area contributed by atoms with E-state index in [0.717, 1.165) is 5.56 Å². The summed E-state index contributed by atoms with van der Waals surface area (Å²) in [7, 11) is -0.327. The fourth-order valence-corrected chi connectivity index (χ4v) is 3.31. The van der Waals surface area contributed by atoms with Crippen LogP contribution in [0.1, 0.15) is 15.9 Å². The van der Waals surface area contributed by atoms with Gasteiger partial charge in [-0.2, -0.15) is 13.2 Å². The van der Waals surface area contributed by atoms with Crippen molar-refractivity contribution in [2.24, 2.45) is 0 Å². The molecule has 2 aromatic carbocycles. The largest absolute Gasteiger partial charge is 0.490 e. The summed E-state index contributed by atoms with van der Waals surface area (Å²) in [5.41, 5.74) is 1.55. The Morgan fingerprint density at radius 2 is 1.60 bits per heavy atom. The lowest BCUT2D eigenvalue weighted by Crippen LogP contribution is -2.21. The molecule has 0 spiro atoms. The van der Waals surface area contributed by atoms with Crippen LogP contribution < -0.4 is 9.62 Å². The first-order valence-electron chi connectivity index (χ1n) is 8.09. The molecule has 0 saturated heterocycles. The predicted molar refractivity (Wildman–Crippen MR) is 103 cm³/mol. The third-order valence-corrected chi connectivity index (χ3v) is 4.88. The van der Waals surface area contributed by atoms with E-state index >= 15 is 0 Å². The number of sulfonamides is 1. The van der Waals surface area contributed by atoms with E-state index in [-0.39, 0.29) is 16.1 Å². The molecule has 12 heteroatoms. The van der Waals surface area contributed by atoms with Crippen LogP contribution in [0.15, 0.2) is 47.4 Å². The number of hydrogen-bond donors (Lipinski definition) is 3. The van der Waals surface area contributed by atoms with Gasteiger partial charge in [0.25, 0.3) is 10.0 Å². The number of aryl methyl sites for hydroxylation is 1. The number of rotatable bonds is 5. The molecule has 0 aliphatic carbocycles. The maximum Gasteiger partial charge on any atom is 0.490 e. The first-order valence-corrected chi connectivity index (χ1v) is 9.57. The quantitative estimate of drug-likeness (QED) is 0.642. The zero-order chi connectivity index (χ0) is 23.3. The third kappa shape index (κ3) is 6.95. The zero-order valence-electron chi connectivity index (χ0n) is 16.1. The number of carboxylic acid groups (broad SMARTS) is 2. The summed E-state index contributed by atoms with van der Waals surface area (Å²) in [6, 6.07) is 10.9. The number of anilines is 2. The van der Waals surface area contributed by atoms with Crippen LogP contribution in [-0.2, 0) is 14.8 Å². The first-order chi connectivity index (χ1) is 13.6. The highest BCUT2D eigenvalue weighted by molar-refractivity contribution is 7.92. The van der Waals surface area contributed by atoms with Gasteiger partial charge >= 0.3 is 18.1 Å². The smallest absolute Gasteiger partial charge is 0.478 e. The number of halogens is 3. The second kappa shape index (κ2) is 9.48. The van der Waals surface area contributed by atoms with E-state index in [1.165, 1.54) is 18.2 Å². The van der Waals surface area contributed by atoms with Gasteiger partial charge in [0.15, 0.2) is 0 Å². The Labute approximate surface area is 170 Å². The standard InChI is InChI=1S/C16H18N2O4S.C2HF3O2/c1-11-5-4-6-13(9-11)23(21,22)17-12-7-8-15(18(2)3)14(10-12)16(19)20;3-2(4,5)1(6)7/h4-10,17H,1-3H3,(H,19,20);(H,6,7). The van der Waals surface area contributed by atoms with Gasteiger partial charge in [-0.1, -0.05) is 12.1 Å². The van der Waals surface area contributed by atoms with Crippen LogP contribution in [0.5, 0.6) is 0 Å². The van der Waals surface area contributed by atoms with Gasteiger partial charge in [-0.15, -0.1) is 0 Å². The molecule has 2 aromatic rings. The molecule has 0 amide bonds. The molecule has 8 nitrogen and oxygen atoms in total. The Morgan fingerprint density at radius 3 is 2.03 bits per heavy atom. The highest BCUT2D eigenvalue weighted by atomic mass is 32.2. The Balaban J connectivity index is 0.000000553. The van der Waals surface area contributed by atoms with Gasteiger partial charge in [0, 0.05) is 19.8 Å². The van der Waals surface area contributed by atoms with Crippen molar-refractivity contribution in [1.29, 1.82) is 0 Å². The number of nitrogens with zero attached hydrogens (tertiary/aromatic N) is 1. The van der Waals surface area contributed by atoms with E-state index in [0.29, 0.717) is 5.69 Å². The molecule has 0 aliphatic heterocycles. The van der Waals surface area contributed by atoms with Gasteiger partial charge < -0.3 is 15.1 Å².